The number of allylic oxidation sites excluding steroid dienone is 2. The molecular formula is C25H20N2O6. The van der Waals surface area contributed by atoms with Gasteiger partial charge in [-0.3, -0.25) is 14.5 Å². The molecule has 0 aromatic heterocycles. The smallest absolute Gasteiger partial charge is 0.355 e. The third-order valence-corrected chi connectivity index (χ3v) is 5.32. The summed E-state index contributed by atoms with van der Waals surface area (Å²) >= 11 is 0. The number of carbonyl (C=O) groups excluding carboxylic acids is 4. The maximum Gasteiger partial charge on any atom is 0.355 e. The third kappa shape index (κ3) is 3.94. The number of anilines is 1. The predicted molar refractivity (Wildman–Crippen MR) is 119 cm³/mol. The van der Waals surface area contributed by atoms with Crippen LogP contribution in [0.25, 0.3) is 0 Å². The van der Waals surface area contributed by atoms with E-state index in [4.69, 9.17) is 9.47 Å². The van der Waals surface area contributed by atoms with Crippen molar-refractivity contribution >= 4 is 29.4 Å². The van der Waals surface area contributed by atoms with Crippen LogP contribution in [0.5, 0.6) is 0 Å². The summed E-state index contributed by atoms with van der Waals surface area (Å²) in [4.78, 5) is 52.8. The van der Waals surface area contributed by atoms with E-state index in [1.807, 2.05) is 0 Å². The molecule has 4 rings (SSSR count). The number of ether oxygens (including phenoxy) is 2. The van der Waals surface area contributed by atoms with Crippen molar-refractivity contribution in [1.29, 1.82) is 0 Å². The molecule has 0 saturated carbocycles. The predicted octanol–water partition coefficient (Wildman–Crippen LogP) is 2.97. The summed E-state index contributed by atoms with van der Waals surface area (Å²) in [5, 5.41) is 0. The van der Waals surface area contributed by atoms with E-state index >= 15 is 0 Å². The van der Waals surface area contributed by atoms with Crippen LogP contribution in [-0.2, 0) is 25.6 Å². The van der Waals surface area contributed by atoms with Crippen LogP contribution in [0.2, 0.25) is 0 Å². The lowest BCUT2D eigenvalue weighted by Crippen LogP contribution is -2.29. The van der Waals surface area contributed by atoms with Crippen molar-refractivity contribution < 1.29 is 28.7 Å². The molecule has 2 heterocycles. The lowest BCUT2D eigenvalue weighted by molar-refractivity contribution is -0.139. The maximum atomic E-state index is 12.6. The molecule has 0 radical (unpaired) electrons. The molecule has 2 aliphatic heterocycles. The van der Waals surface area contributed by atoms with Crippen molar-refractivity contribution in [2.45, 2.75) is 6.54 Å². The van der Waals surface area contributed by atoms with Gasteiger partial charge in [0.15, 0.2) is 0 Å². The Morgan fingerprint density at radius 1 is 0.818 bits per heavy atom. The maximum absolute atomic E-state index is 12.6. The summed E-state index contributed by atoms with van der Waals surface area (Å²) in [6, 6.07) is 13.7. The van der Waals surface area contributed by atoms with Crippen molar-refractivity contribution in [2.24, 2.45) is 0 Å². The molecule has 0 spiro atoms. The Bertz CT molecular complexity index is 1200. The molecule has 0 atom stereocenters. The standard InChI is InChI=1S/C25H20N2O6/c1-32-24(30)20-9-5-6-14-26(21(20)25(31)33-2)17-12-10-16(11-13-17)15-27-22(28)18-7-3-4-8-19(18)23(27)29/h3-14H,15H2,1-2H3. The van der Waals surface area contributed by atoms with Gasteiger partial charge in [-0.1, -0.05) is 30.3 Å². The molecule has 0 fully saturated rings. The molecule has 0 unspecified atom stereocenters. The number of amides is 2. The van der Waals surface area contributed by atoms with Gasteiger partial charge >= 0.3 is 11.9 Å². The van der Waals surface area contributed by atoms with Crippen LogP contribution in [0.4, 0.5) is 5.69 Å². The first kappa shape index (κ1) is 21.8. The van der Waals surface area contributed by atoms with E-state index in [9.17, 15) is 19.2 Å². The van der Waals surface area contributed by atoms with Crippen molar-refractivity contribution in [3.63, 3.8) is 0 Å². The van der Waals surface area contributed by atoms with Crippen molar-refractivity contribution in [3.05, 3.63) is 101 Å². The lowest BCUT2D eigenvalue weighted by Gasteiger charge is -2.23. The number of hydrogen-bond donors (Lipinski definition) is 0. The average molecular weight is 444 g/mol. The van der Waals surface area contributed by atoms with E-state index in [0.717, 1.165) is 5.56 Å². The second-order valence-corrected chi connectivity index (χ2v) is 7.22. The van der Waals surface area contributed by atoms with E-state index < -0.39 is 11.9 Å². The third-order valence-electron chi connectivity index (χ3n) is 5.32. The number of carbonyl (C=O) groups is 4. The van der Waals surface area contributed by atoms with Crippen LogP contribution in [0.3, 0.4) is 0 Å². The number of esters is 2. The zero-order valence-electron chi connectivity index (χ0n) is 18.0. The highest BCUT2D eigenvalue weighted by molar-refractivity contribution is 6.21. The van der Waals surface area contributed by atoms with Gasteiger partial charge in [0.05, 0.1) is 37.5 Å². The largest absolute Gasteiger partial charge is 0.465 e. The lowest BCUT2D eigenvalue weighted by atomic mass is 10.1. The van der Waals surface area contributed by atoms with Crippen LogP contribution >= 0.6 is 0 Å². The summed E-state index contributed by atoms with van der Waals surface area (Å²) in [5.74, 6) is -2.05. The fourth-order valence-electron chi connectivity index (χ4n) is 3.69. The Kier molecular flexibility index (Phi) is 5.91. The Balaban J connectivity index is 1.62. The number of benzene rings is 2. The molecule has 2 aromatic carbocycles. The summed E-state index contributed by atoms with van der Waals surface area (Å²) in [7, 11) is 2.46. The molecule has 166 valence electrons. The highest BCUT2D eigenvalue weighted by Crippen LogP contribution is 2.28. The fraction of sp³-hybridized carbons (Fsp3) is 0.120. The second kappa shape index (κ2) is 8.96. The highest BCUT2D eigenvalue weighted by atomic mass is 16.5. The molecular weight excluding hydrogens is 424 g/mol. The quantitative estimate of drug-likeness (QED) is 0.517. The Morgan fingerprint density at radius 3 is 2.00 bits per heavy atom. The van der Waals surface area contributed by atoms with Crippen LogP contribution < -0.4 is 4.90 Å². The van der Waals surface area contributed by atoms with E-state index in [0.29, 0.717) is 16.8 Å². The van der Waals surface area contributed by atoms with Gasteiger partial charge in [-0.2, -0.15) is 0 Å². The van der Waals surface area contributed by atoms with Gasteiger partial charge < -0.3 is 14.4 Å². The first-order chi connectivity index (χ1) is 16.0. The number of fused-ring (bicyclic) bond motifs is 1. The zero-order valence-corrected chi connectivity index (χ0v) is 18.0. The molecule has 2 amide bonds. The highest BCUT2D eigenvalue weighted by Gasteiger charge is 2.35. The van der Waals surface area contributed by atoms with Gasteiger partial charge in [0.1, 0.15) is 5.70 Å². The molecule has 0 bridgehead atoms. The van der Waals surface area contributed by atoms with Gasteiger partial charge in [-0.15, -0.1) is 0 Å². The molecule has 0 aliphatic carbocycles. The van der Waals surface area contributed by atoms with E-state index in [2.05, 4.69) is 0 Å². The number of imide groups is 1. The van der Waals surface area contributed by atoms with Gasteiger partial charge in [0, 0.05) is 11.9 Å². The molecule has 33 heavy (non-hydrogen) atoms. The van der Waals surface area contributed by atoms with Crippen LogP contribution in [0, 0.1) is 0 Å². The Labute approximate surface area is 190 Å². The average Bonchev–Trinajstić information content (AvgIpc) is 3.00. The number of methoxy groups -OCH3 is 2. The van der Waals surface area contributed by atoms with Crippen molar-refractivity contribution in [2.75, 3.05) is 19.1 Å². The Morgan fingerprint density at radius 2 is 1.42 bits per heavy atom. The summed E-state index contributed by atoms with van der Waals surface area (Å²) in [5.41, 5.74) is 2.13. The molecule has 8 nitrogen and oxygen atoms in total. The van der Waals surface area contributed by atoms with E-state index in [1.165, 1.54) is 30.1 Å². The van der Waals surface area contributed by atoms with Gasteiger partial charge in [-0.05, 0) is 42.0 Å². The van der Waals surface area contributed by atoms with Crippen LogP contribution in [-0.4, -0.2) is 42.9 Å². The van der Waals surface area contributed by atoms with Crippen molar-refractivity contribution in [3.8, 4) is 0 Å². The van der Waals surface area contributed by atoms with Gasteiger partial charge in [-0.25, -0.2) is 9.59 Å². The summed E-state index contributed by atoms with van der Waals surface area (Å²) in [6.45, 7) is 0.108. The summed E-state index contributed by atoms with van der Waals surface area (Å²) < 4.78 is 9.71. The second-order valence-electron chi connectivity index (χ2n) is 7.22. The SMILES string of the molecule is COC(=O)C1=C(C(=O)OC)N(c2ccc(CN3C(=O)c4ccccc4C3=O)cc2)C=CC=C1. The van der Waals surface area contributed by atoms with Crippen LogP contribution in [0.1, 0.15) is 26.3 Å². The monoisotopic (exact) mass is 444 g/mol. The minimum atomic E-state index is -0.707. The van der Waals surface area contributed by atoms with Gasteiger partial charge in [0.25, 0.3) is 11.8 Å². The molecule has 8 heteroatoms. The van der Waals surface area contributed by atoms with E-state index in [-0.39, 0.29) is 29.6 Å². The number of nitrogens with zero attached hydrogens (tertiary/aromatic N) is 2. The zero-order chi connectivity index (χ0) is 23.5. The fourth-order valence-corrected chi connectivity index (χ4v) is 3.69. The molecule has 2 aliphatic rings. The number of hydrogen-bond acceptors (Lipinski definition) is 7. The molecule has 0 saturated heterocycles. The van der Waals surface area contributed by atoms with Gasteiger partial charge in [0.2, 0.25) is 0 Å². The number of rotatable bonds is 5. The Hall–Kier alpha value is -4.46. The minimum Gasteiger partial charge on any atom is -0.465 e. The first-order valence-corrected chi connectivity index (χ1v) is 10.1. The van der Waals surface area contributed by atoms with Crippen LogP contribution in [0.15, 0.2) is 84.2 Å². The van der Waals surface area contributed by atoms with Crippen molar-refractivity contribution in [1.82, 2.24) is 4.90 Å². The molecule has 0 N–H and O–H groups in total. The topological polar surface area (TPSA) is 93.2 Å². The van der Waals surface area contributed by atoms with E-state index in [1.54, 1.807) is 66.9 Å². The first-order valence-electron chi connectivity index (χ1n) is 10.1. The molecule has 2 aromatic rings. The summed E-state index contributed by atoms with van der Waals surface area (Å²) in [6.07, 6.45) is 6.39. The minimum absolute atomic E-state index is 0.00227. The normalized spacial score (nSPS) is 15.0.